The Kier molecular flexibility index (Phi) is 1.64. The van der Waals surface area contributed by atoms with Crippen LogP contribution in [0.4, 0.5) is 0 Å². The van der Waals surface area contributed by atoms with Gasteiger partial charge in [-0.15, -0.1) is 0 Å². The SMILES string of the molecule is C[Si]1(C)OB(O)c2ccccc21. The molecule has 0 atom stereocenters. The lowest BCUT2D eigenvalue weighted by atomic mass is 9.80. The van der Waals surface area contributed by atoms with Crippen molar-refractivity contribution in [2.45, 2.75) is 13.1 Å². The molecule has 2 nitrogen and oxygen atoms in total. The first-order valence-corrected chi connectivity index (χ1v) is 6.97. The number of fused-ring (bicyclic) bond motifs is 1. The van der Waals surface area contributed by atoms with Crippen LogP contribution in [0.3, 0.4) is 0 Å². The molecule has 1 aliphatic heterocycles. The second-order valence-corrected chi connectivity index (χ2v) is 7.36. The molecule has 1 N–H and O–H groups in total. The first-order valence-electron chi connectivity index (χ1n) is 4.06. The Bertz CT molecular complexity index is 314. The standard InChI is InChI=1S/C8H11BO2Si/c1-12(2)8-6-4-3-5-7(8)9(10)11-12/h3-6,10H,1-2H3. The first kappa shape index (κ1) is 8.04. The van der Waals surface area contributed by atoms with Crippen LogP contribution in [0.1, 0.15) is 0 Å². The minimum Gasteiger partial charge on any atom is -0.446 e. The largest absolute Gasteiger partial charge is 0.480 e. The van der Waals surface area contributed by atoms with E-state index in [9.17, 15) is 5.02 Å². The molecular weight excluding hydrogens is 167 g/mol. The van der Waals surface area contributed by atoms with Crippen molar-refractivity contribution in [1.29, 1.82) is 0 Å². The fourth-order valence-corrected chi connectivity index (χ4v) is 3.88. The Morgan fingerprint density at radius 3 is 2.67 bits per heavy atom. The van der Waals surface area contributed by atoms with Gasteiger partial charge in [-0.1, -0.05) is 24.3 Å². The summed E-state index contributed by atoms with van der Waals surface area (Å²) in [6.45, 7) is 4.20. The molecule has 0 aromatic heterocycles. The topological polar surface area (TPSA) is 29.5 Å². The minimum absolute atomic E-state index is 0.692. The van der Waals surface area contributed by atoms with Gasteiger partial charge < -0.3 is 9.37 Å². The fraction of sp³-hybridized carbons (Fsp3) is 0.250. The average Bonchev–Trinajstić information content (AvgIpc) is 2.25. The smallest absolute Gasteiger partial charge is 0.446 e. The molecule has 4 heteroatoms. The van der Waals surface area contributed by atoms with Gasteiger partial charge in [0, 0.05) is 0 Å². The van der Waals surface area contributed by atoms with Crippen molar-refractivity contribution < 1.29 is 9.37 Å². The number of hydrogen-bond acceptors (Lipinski definition) is 2. The van der Waals surface area contributed by atoms with Crippen LogP contribution in [0.5, 0.6) is 0 Å². The van der Waals surface area contributed by atoms with Crippen LogP contribution in [0.15, 0.2) is 24.3 Å². The summed E-state index contributed by atoms with van der Waals surface area (Å²) in [7, 11) is -2.47. The lowest BCUT2D eigenvalue weighted by Gasteiger charge is -2.15. The Morgan fingerprint density at radius 2 is 2.00 bits per heavy atom. The van der Waals surface area contributed by atoms with E-state index in [0.717, 1.165) is 5.46 Å². The Balaban J connectivity index is 2.58. The maximum absolute atomic E-state index is 9.53. The van der Waals surface area contributed by atoms with Crippen molar-refractivity contribution in [2.24, 2.45) is 0 Å². The van der Waals surface area contributed by atoms with Crippen molar-refractivity contribution >= 4 is 26.1 Å². The van der Waals surface area contributed by atoms with E-state index in [1.807, 2.05) is 18.2 Å². The van der Waals surface area contributed by atoms with Crippen LogP contribution < -0.4 is 10.6 Å². The maximum atomic E-state index is 9.53. The van der Waals surface area contributed by atoms with E-state index in [-0.39, 0.29) is 0 Å². The fourth-order valence-electron chi connectivity index (χ4n) is 1.67. The van der Waals surface area contributed by atoms with Crippen molar-refractivity contribution in [1.82, 2.24) is 0 Å². The third-order valence-electron chi connectivity index (χ3n) is 2.28. The Hall–Kier alpha value is -0.578. The molecule has 0 spiro atoms. The van der Waals surface area contributed by atoms with Gasteiger partial charge >= 0.3 is 7.12 Å². The van der Waals surface area contributed by atoms with Gasteiger partial charge in [-0.05, 0) is 23.7 Å². The van der Waals surface area contributed by atoms with Gasteiger partial charge in [0.2, 0.25) is 8.32 Å². The minimum atomic E-state index is -1.77. The summed E-state index contributed by atoms with van der Waals surface area (Å²) in [6.07, 6.45) is 0. The summed E-state index contributed by atoms with van der Waals surface area (Å²) < 4.78 is 5.51. The molecule has 1 aliphatic rings. The lowest BCUT2D eigenvalue weighted by molar-refractivity contribution is 0.441. The molecule has 1 aromatic rings. The molecule has 0 amide bonds. The molecule has 0 saturated heterocycles. The first-order chi connectivity index (χ1) is 5.61. The molecule has 1 heterocycles. The van der Waals surface area contributed by atoms with E-state index >= 15 is 0 Å². The zero-order valence-electron chi connectivity index (χ0n) is 7.24. The highest BCUT2D eigenvalue weighted by atomic mass is 28.4. The summed E-state index contributed by atoms with van der Waals surface area (Å²) in [4.78, 5) is 0. The molecule has 0 radical (unpaired) electrons. The second-order valence-electron chi connectivity index (χ2n) is 3.57. The van der Waals surface area contributed by atoms with E-state index < -0.39 is 15.4 Å². The molecule has 0 saturated carbocycles. The molecule has 0 aliphatic carbocycles. The normalized spacial score (nSPS) is 19.4. The number of benzene rings is 1. The third-order valence-corrected chi connectivity index (χ3v) is 4.85. The van der Waals surface area contributed by atoms with Crippen LogP contribution in [0.2, 0.25) is 13.1 Å². The summed E-state index contributed by atoms with van der Waals surface area (Å²) in [5.74, 6) is 0. The predicted molar refractivity (Wildman–Crippen MR) is 52.2 cm³/mol. The molecule has 12 heavy (non-hydrogen) atoms. The van der Waals surface area contributed by atoms with Crippen molar-refractivity contribution in [2.75, 3.05) is 0 Å². The molecule has 1 aromatic carbocycles. The highest BCUT2D eigenvalue weighted by Crippen LogP contribution is 2.11. The second kappa shape index (κ2) is 2.45. The zero-order valence-corrected chi connectivity index (χ0v) is 8.24. The van der Waals surface area contributed by atoms with Gasteiger partial charge in [0.1, 0.15) is 0 Å². The highest BCUT2D eigenvalue weighted by molar-refractivity contribution is 6.97. The Labute approximate surface area is 73.5 Å². The zero-order chi connectivity index (χ0) is 8.77. The number of hydrogen-bond donors (Lipinski definition) is 1. The van der Waals surface area contributed by atoms with E-state index in [1.165, 1.54) is 5.19 Å². The van der Waals surface area contributed by atoms with Gasteiger partial charge in [-0.3, -0.25) is 0 Å². The molecular formula is C8H11BO2Si. The van der Waals surface area contributed by atoms with E-state index in [2.05, 4.69) is 19.2 Å². The summed E-state index contributed by atoms with van der Waals surface area (Å²) in [5, 5.41) is 10.7. The van der Waals surface area contributed by atoms with Gasteiger partial charge in [0.15, 0.2) is 0 Å². The van der Waals surface area contributed by atoms with Gasteiger partial charge in [0.25, 0.3) is 0 Å². The average molecular weight is 178 g/mol. The molecule has 0 fully saturated rings. The van der Waals surface area contributed by atoms with Crippen LogP contribution in [0.25, 0.3) is 0 Å². The van der Waals surface area contributed by atoms with Crippen LogP contribution in [-0.4, -0.2) is 20.5 Å². The summed E-state index contributed by atoms with van der Waals surface area (Å²) in [5.41, 5.74) is 0.953. The van der Waals surface area contributed by atoms with Gasteiger partial charge in [0.05, 0.1) is 0 Å². The summed E-state index contributed by atoms with van der Waals surface area (Å²) >= 11 is 0. The van der Waals surface area contributed by atoms with E-state index in [1.54, 1.807) is 0 Å². The quantitative estimate of drug-likeness (QED) is 0.558. The molecule has 62 valence electrons. The monoisotopic (exact) mass is 178 g/mol. The Morgan fingerprint density at radius 1 is 1.33 bits per heavy atom. The van der Waals surface area contributed by atoms with Crippen molar-refractivity contribution in [3.8, 4) is 0 Å². The van der Waals surface area contributed by atoms with E-state index in [0.29, 0.717) is 0 Å². The van der Waals surface area contributed by atoms with Crippen LogP contribution in [-0.2, 0) is 4.34 Å². The lowest BCUT2D eigenvalue weighted by Crippen LogP contribution is -2.42. The third kappa shape index (κ3) is 1.03. The van der Waals surface area contributed by atoms with E-state index in [4.69, 9.17) is 4.34 Å². The molecule has 0 unspecified atom stereocenters. The van der Waals surface area contributed by atoms with Crippen molar-refractivity contribution in [3.63, 3.8) is 0 Å². The highest BCUT2D eigenvalue weighted by Gasteiger charge is 2.41. The van der Waals surface area contributed by atoms with Crippen LogP contribution in [0, 0.1) is 0 Å². The predicted octanol–water partition coefficient (Wildman–Crippen LogP) is -0.184. The molecule has 2 rings (SSSR count). The number of rotatable bonds is 0. The van der Waals surface area contributed by atoms with Crippen LogP contribution >= 0.6 is 0 Å². The maximum Gasteiger partial charge on any atom is 0.480 e. The summed E-state index contributed by atoms with van der Waals surface area (Å²) in [6, 6.07) is 7.91. The van der Waals surface area contributed by atoms with Gasteiger partial charge in [-0.2, -0.15) is 0 Å². The molecule has 0 bridgehead atoms. The van der Waals surface area contributed by atoms with Crippen molar-refractivity contribution in [3.05, 3.63) is 24.3 Å². The van der Waals surface area contributed by atoms with Gasteiger partial charge in [-0.25, -0.2) is 0 Å².